The number of hydrogen-bond acceptors (Lipinski definition) is 14. The molecule has 1 saturated heterocycles. The highest BCUT2D eigenvalue weighted by atomic mass is 32.3. The first-order valence-electron chi connectivity index (χ1n) is 16.6. The number of carboxylic acids is 1. The Balaban J connectivity index is 1.29. The summed E-state index contributed by atoms with van der Waals surface area (Å²) in [5.74, 6) is -2.33. The number of aromatic nitrogens is 1. The van der Waals surface area contributed by atoms with E-state index < -0.39 is 57.2 Å². The number of nitrogens with one attached hydrogen (secondary N) is 3. The lowest BCUT2D eigenvalue weighted by molar-refractivity contribution is -0.218. The van der Waals surface area contributed by atoms with E-state index in [4.69, 9.17) is 31.0 Å². The number of hydroxylamine groups is 2. The van der Waals surface area contributed by atoms with E-state index in [-0.39, 0.29) is 34.7 Å². The molecule has 2 amide bonds. The van der Waals surface area contributed by atoms with E-state index in [0.717, 1.165) is 42.6 Å². The molecule has 2 aliphatic heterocycles. The van der Waals surface area contributed by atoms with Crippen molar-refractivity contribution in [2.45, 2.75) is 108 Å². The lowest BCUT2D eigenvalue weighted by Crippen LogP contribution is -2.76. The van der Waals surface area contributed by atoms with Crippen molar-refractivity contribution >= 4 is 56.2 Å². The summed E-state index contributed by atoms with van der Waals surface area (Å²) in [6.45, 7) is 8.09. The second kappa shape index (κ2) is 14.2. The molecule has 2 fully saturated rings. The molecule has 2 aromatic rings. The SMILES string of the molecule is CC(C)(N)C1CCC(NC(=N)c2ccc3c(c2)CCC(C(C)(ON=C(C(=O)NC2C(=O)N(OS(=O)(=O)O)C2(C)C)c2csc(N)n2)C(=O)O)O3)CC1. The van der Waals surface area contributed by atoms with Crippen LogP contribution in [0.15, 0.2) is 28.7 Å². The van der Waals surface area contributed by atoms with Crippen LogP contribution in [0.25, 0.3) is 0 Å². The number of nitrogens with zero attached hydrogens (tertiary/aromatic N) is 3. The number of ether oxygens (including phenoxy) is 1. The number of fused-ring (bicyclic) bond motifs is 1. The van der Waals surface area contributed by atoms with E-state index in [0.29, 0.717) is 28.7 Å². The van der Waals surface area contributed by atoms with Gasteiger partial charge in [-0.3, -0.25) is 19.6 Å². The Labute approximate surface area is 304 Å². The van der Waals surface area contributed by atoms with Crippen LogP contribution in [0.4, 0.5) is 5.13 Å². The number of hydrogen-bond donors (Lipinski definition) is 7. The first-order chi connectivity index (χ1) is 24.1. The molecule has 3 atom stereocenters. The van der Waals surface area contributed by atoms with Crippen LogP contribution in [-0.4, -0.2) is 92.3 Å². The number of carbonyl (C=O) groups excluding carboxylic acids is 2. The molecular weight excluding hydrogens is 721 g/mol. The van der Waals surface area contributed by atoms with Crippen molar-refractivity contribution in [3.8, 4) is 5.75 Å². The van der Waals surface area contributed by atoms with Gasteiger partial charge in [0.25, 0.3) is 17.4 Å². The van der Waals surface area contributed by atoms with Crippen molar-refractivity contribution in [2.75, 3.05) is 5.73 Å². The Bertz CT molecular complexity index is 1880. The fourth-order valence-electron chi connectivity index (χ4n) is 6.60. The molecular formula is C32H44N8O10S2. The Kier molecular flexibility index (Phi) is 10.6. The van der Waals surface area contributed by atoms with Gasteiger partial charge in [-0.1, -0.05) is 5.16 Å². The van der Waals surface area contributed by atoms with Crippen LogP contribution in [0.3, 0.4) is 0 Å². The molecule has 3 aliphatic rings. The summed E-state index contributed by atoms with van der Waals surface area (Å²) in [5.41, 5.74) is 9.12. The van der Waals surface area contributed by atoms with Crippen LogP contribution in [0.1, 0.15) is 83.5 Å². The number of thiazole rings is 1. The van der Waals surface area contributed by atoms with E-state index in [1.807, 2.05) is 19.9 Å². The van der Waals surface area contributed by atoms with E-state index in [2.05, 4.69) is 25.1 Å². The molecule has 0 spiro atoms. The van der Waals surface area contributed by atoms with Gasteiger partial charge in [-0.25, -0.2) is 9.78 Å². The zero-order valence-corrected chi connectivity index (χ0v) is 31.0. The molecule has 5 rings (SSSR count). The van der Waals surface area contributed by atoms with Gasteiger partial charge in [-0.2, -0.15) is 13.5 Å². The molecule has 18 nitrogen and oxygen atoms in total. The molecule has 1 aromatic carbocycles. The molecule has 52 heavy (non-hydrogen) atoms. The number of carbonyl (C=O) groups is 3. The molecule has 0 bridgehead atoms. The number of aliphatic carboxylic acids is 1. The maximum Gasteiger partial charge on any atom is 0.418 e. The number of β-lactam (4-membered cyclic amide) rings is 1. The van der Waals surface area contributed by atoms with Crippen molar-refractivity contribution < 1.29 is 46.3 Å². The van der Waals surface area contributed by atoms with Gasteiger partial charge in [0.05, 0.1) is 5.54 Å². The van der Waals surface area contributed by atoms with Crippen molar-refractivity contribution in [2.24, 2.45) is 16.8 Å². The summed E-state index contributed by atoms with van der Waals surface area (Å²) in [6.07, 6.45) is 3.31. The standard InChI is InChI=1S/C32H44N8O10S2/c1-30(2,35)18-8-10-19(11-9-18)36-25(33)17-6-12-21-16(14-17)7-13-22(48-21)32(5,28(43)44)49-39-23(20-15-51-29(34)37-20)26(41)38-24-27(42)40(31(24,3)4)50-52(45,46)47/h6,12,14-15,18-19,22,24H,7-11,13,35H2,1-5H3,(H2,33,36)(H2,34,37)(H,38,41)(H,43,44)(H,45,46,47). The molecule has 1 saturated carbocycles. The minimum absolute atomic E-state index is 0.0576. The summed E-state index contributed by atoms with van der Waals surface area (Å²) in [6, 6.07) is 4.07. The summed E-state index contributed by atoms with van der Waals surface area (Å²) in [5, 5.41) is 30.5. The van der Waals surface area contributed by atoms with Crippen LogP contribution in [0.5, 0.6) is 5.75 Å². The number of benzene rings is 1. The van der Waals surface area contributed by atoms with Gasteiger partial charge < -0.3 is 36.8 Å². The molecule has 9 N–H and O–H groups in total. The third kappa shape index (κ3) is 8.15. The largest absolute Gasteiger partial charge is 0.485 e. The average molecular weight is 765 g/mol. The van der Waals surface area contributed by atoms with Gasteiger partial charge >= 0.3 is 16.4 Å². The van der Waals surface area contributed by atoms with Crippen LogP contribution >= 0.6 is 11.3 Å². The number of anilines is 1. The molecule has 20 heteroatoms. The molecule has 0 radical (unpaired) electrons. The Morgan fingerprint density at radius 1 is 1.17 bits per heavy atom. The number of nitrogens with two attached hydrogens (primary N) is 2. The predicted octanol–water partition coefficient (Wildman–Crippen LogP) is 1.73. The monoisotopic (exact) mass is 764 g/mol. The topological polar surface area (TPSA) is 282 Å². The number of oxime groups is 1. The molecule has 284 valence electrons. The van der Waals surface area contributed by atoms with Gasteiger partial charge in [0.15, 0.2) is 16.9 Å². The Hall–Kier alpha value is -4.37. The minimum atomic E-state index is -5.03. The molecule has 1 aliphatic carbocycles. The van der Waals surface area contributed by atoms with Gasteiger partial charge in [-0.05, 0) is 103 Å². The van der Waals surface area contributed by atoms with Gasteiger partial charge in [-0.15, -0.1) is 15.6 Å². The first-order valence-corrected chi connectivity index (χ1v) is 18.8. The third-order valence-corrected chi connectivity index (χ3v) is 10.9. The summed E-state index contributed by atoms with van der Waals surface area (Å²) in [4.78, 5) is 48.5. The maximum absolute atomic E-state index is 13.5. The Morgan fingerprint density at radius 2 is 1.85 bits per heavy atom. The first kappa shape index (κ1) is 38.9. The fraction of sp³-hybridized carbons (Fsp3) is 0.562. The van der Waals surface area contributed by atoms with Crippen LogP contribution in [-0.2, 0) is 40.3 Å². The summed E-state index contributed by atoms with van der Waals surface area (Å²) in [7, 11) is -5.03. The second-order valence-electron chi connectivity index (χ2n) is 14.6. The van der Waals surface area contributed by atoms with Crippen molar-refractivity contribution in [1.82, 2.24) is 20.7 Å². The zero-order chi connectivity index (χ0) is 38.4. The number of amides is 2. The minimum Gasteiger partial charge on any atom is -0.485 e. The highest BCUT2D eigenvalue weighted by molar-refractivity contribution is 7.80. The highest BCUT2D eigenvalue weighted by Gasteiger charge is 2.58. The Morgan fingerprint density at radius 3 is 2.40 bits per heavy atom. The van der Waals surface area contributed by atoms with E-state index in [1.165, 1.54) is 26.2 Å². The second-order valence-corrected chi connectivity index (χ2v) is 16.5. The summed E-state index contributed by atoms with van der Waals surface area (Å²) < 4.78 is 41.8. The lowest BCUT2D eigenvalue weighted by atomic mass is 9.76. The van der Waals surface area contributed by atoms with E-state index in [1.54, 1.807) is 12.1 Å². The number of nitrogen functional groups attached to an aromatic ring is 1. The van der Waals surface area contributed by atoms with E-state index in [9.17, 15) is 27.9 Å². The lowest BCUT2D eigenvalue weighted by Gasteiger charge is -2.50. The number of rotatable bonds is 12. The normalized spacial score (nSPS) is 24.4. The third-order valence-electron chi connectivity index (χ3n) is 9.89. The van der Waals surface area contributed by atoms with Crippen molar-refractivity contribution in [3.05, 3.63) is 40.4 Å². The number of amidine groups is 1. The number of carboxylic acid groups (broad SMARTS) is 1. The van der Waals surface area contributed by atoms with Crippen molar-refractivity contribution in [3.63, 3.8) is 0 Å². The molecule has 3 unspecified atom stereocenters. The van der Waals surface area contributed by atoms with Crippen molar-refractivity contribution in [1.29, 1.82) is 5.41 Å². The van der Waals surface area contributed by atoms with E-state index >= 15 is 0 Å². The quantitative estimate of drug-likeness (QED) is 0.0533. The predicted molar refractivity (Wildman–Crippen MR) is 189 cm³/mol. The van der Waals surface area contributed by atoms with Crippen LogP contribution < -0.4 is 26.8 Å². The zero-order valence-electron chi connectivity index (χ0n) is 29.3. The molecule has 1 aromatic heterocycles. The van der Waals surface area contributed by atoms with Gasteiger partial charge in [0, 0.05) is 22.5 Å². The highest BCUT2D eigenvalue weighted by Crippen LogP contribution is 2.36. The molecule has 3 heterocycles. The van der Waals surface area contributed by atoms with Crippen LogP contribution in [0.2, 0.25) is 0 Å². The maximum atomic E-state index is 13.5. The fourth-order valence-corrected chi connectivity index (χ4v) is 7.60. The number of aryl methyl sites for hydroxylation is 1. The average Bonchev–Trinajstić information content (AvgIpc) is 3.50. The summed E-state index contributed by atoms with van der Waals surface area (Å²) >= 11 is 0.965. The van der Waals surface area contributed by atoms with Gasteiger partial charge in [0.2, 0.25) is 0 Å². The smallest absolute Gasteiger partial charge is 0.418 e. The van der Waals surface area contributed by atoms with Crippen LogP contribution in [0, 0.1) is 11.3 Å². The van der Waals surface area contributed by atoms with Gasteiger partial charge in [0.1, 0.15) is 23.3 Å².